The van der Waals surface area contributed by atoms with Crippen molar-refractivity contribution in [2.75, 3.05) is 13.2 Å². The Hall–Kier alpha value is -1.37. The Morgan fingerprint density at radius 1 is 1.28 bits per heavy atom. The van der Waals surface area contributed by atoms with Crippen molar-refractivity contribution in [1.82, 2.24) is 10.6 Å². The second-order valence-corrected chi connectivity index (χ2v) is 4.29. The Labute approximate surface area is 106 Å². The summed E-state index contributed by atoms with van der Waals surface area (Å²) in [4.78, 5) is 32.1. The van der Waals surface area contributed by atoms with E-state index in [1.807, 2.05) is 13.8 Å². The van der Waals surface area contributed by atoms with Crippen molar-refractivity contribution in [2.45, 2.75) is 45.2 Å². The number of rotatable bonds is 9. The summed E-state index contributed by atoms with van der Waals surface area (Å²) in [7, 11) is 0. The fourth-order valence-electron chi connectivity index (χ4n) is 1.42. The number of carbonyl (C=O) groups is 2. The molecule has 0 fully saturated rings. The minimum absolute atomic E-state index is 0.288. The van der Waals surface area contributed by atoms with Crippen molar-refractivity contribution < 1.29 is 14.0 Å². The van der Waals surface area contributed by atoms with Crippen LogP contribution in [0.1, 0.15) is 33.1 Å². The van der Waals surface area contributed by atoms with Gasteiger partial charge in [0.2, 0.25) is 0 Å². The highest BCUT2D eigenvalue weighted by Gasteiger charge is 2.20. The molecule has 0 radical (unpaired) electrons. The first-order chi connectivity index (χ1) is 8.51. The number of nitrogens with zero attached hydrogens (tertiary/aromatic N) is 1. The lowest BCUT2D eigenvalue weighted by atomic mass is 10.1. The lowest BCUT2D eigenvalue weighted by molar-refractivity contribution is -0.127. The quantitative estimate of drug-likeness (QED) is 0.477. The van der Waals surface area contributed by atoms with Gasteiger partial charge in [-0.2, -0.15) is 0 Å². The molecular weight excluding hydrogens is 241 g/mol. The first kappa shape index (κ1) is 16.6. The summed E-state index contributed by atoms with van der Waals surface area (Å²) in [5.74, 6) is -1.87. The van der Waals surface area contributed by atoms with E-state index in [9.17, 15) is 18.9 Å². The molecule has 0 bridgehead atoms. The molecule has 0 spiro atoms. The van der Waals surface area contributed by atoms with Crippen molar-refractivity contribution in [3.8, 4) is 0 Å². The molecule has 0 aromatic rings. The van der Waals surface area contributed by atoms with Crippen LogP contribution < -0.4 is 10.6 Å². The molecule has 0 aliphatic rings. The fourth-order valence-corrected chi connectivity index (χ4v) is 1.42. The molecule has 104 valence electrons. The molecule has 6 nitrogen and oxygen atoms in total. The number of carbonyl (C=O) groups excluding carboxylic acids is 2. The van der Waals surface area contributed by atoms with Crippen LogP contribution in [0.25, 0.3) is 0 Å². The fraction of sp³-hybridized carbons (Fsp3) is 0.818. The molecule has 0 heterocycles. The molecule has 0 rings (SSSR count). The van der Waals surface area contributed by atoms with Crippen LogP contribution in [0.4, 0.5) is 4.39 Å². The van der Waals surface area contributed by atoms with Gasteiger partial charge in [-0.05, 0) is 25.8 Å². The summed E-state index contributed by atoms with van der Waals surface area (Å²) >= 11 is 0. The van der Waals surface area contributed by atoms with Crippen LogP contribution in [0.2, 0.25) is 0 Å². The number of amides is 2. The Bertz CT molecular complexity index is 285. The van der Waals surface area contributed by atoms with Gasteiger partial charge in [0.25, 0.3) is 5.91 Å². The predicted molar refractivity (Wildman–Crippen MR) is 65.7 cm³/mol. The van der Waals surface area contributed by atoms with E-state index in [0.717, 1.165) is 13.0 Å². The molecule has 0 saturated heterocycles. The maximum Gasteiger partial charge on any atom is 0.308 e. The van der Waals surface area contributed by atoms with Crippen molar-refractivity contribution in [3.05, 3.63) is 4.91 Å². The number of unbranched alkanes of at least 4 members (excludes halogenated alkanes) is 1. The van der Waals surface area contributed by atoms with Gasteiger partial charge in [-0.3, -0.25) is 9.59 Å². The smallest absolute Gasteiger partial charge is 0.308 e. The third kappa shape index (κ3) is 7.83. The number of halogens is 1. The summed E-state index contributed by atoms with van der Waals surface area (Å²) in [6, 6.07) is -0.630. The van der Waals surface area contributed by atoms with Gasteiger partial charge in [-0.15, -0.1) is 4.91 Å². The lowest BCUT2D eigenvalue weighted by Crippen LogP contribution is -2.40. The van der Waals surface area contributed by atoms with Gasteiger partial charge in [-0.1, -0.05) is 13.8 Å². The topological polar surface area (TPSA) is 87.6 Å². The van der Waals surface area contributed by atoms with Crippen LogP contribution >= 0.6 is 0 Å². The molecule has 2 N–H and O–H groups in total. The van der Waals surface area contributed by atoms with E-state index in [0.29, 0.717) is 12.5 Å². The molecule has 1 unspecified atom stereocenters. The average molecular weight is 261 g/mol. The molecule has 0 aliphatic heterocycles. The van der Waals surface area contributed by atoms with Gasteiger partial charge in [0.15, 0.2) is 6.67 Å². The minimum Gasteiger partial charge on any atom is -0.342 e. The first-order valence-corrected chi connectivity index (χ1v) is 5.97. The normalized spacial score (nSPS) is 12.2. The van der Waals surface area contributed by atoms with E-state index in [1.165, 1.54) is 0 Å². The SMILES string of the molecule is CC(C)NCCCCC(NC(=O)CF)C(=O)N=O. The van der Waals surface area contributed by atoms with E-state index in [1.54, 1.807) is 0 Å². The molecule has 1 atom stereocenters. The van der Waals surface area contributed by atoms with Crippen molar-refractivity contribution in [1.29, 1.82) is 0 Å². The van der Waals surface area contributed by atoms with E-state index < -0.39 is 24.5 Å². The third-order valence-electron chi connectivity index (χ3n) is 2.32. The monoisotopic (exact) mass is 261 g/mol. The highest BCUT2D eigenvalue weighted by atomic mass is 19.1. The van der Waals surface area contributed by atoms with Crippen LogP contribution in [0.3, 0.4) is 0 Å². The Morgan fingerprint density at radius 2 is 1.94 bits per heavy atom. The number of alkyl halides is 1. The van der Waals surface area contributed by atoms with E-state index in [4.69, 9.17) is 0 Å². The van der Waals surface area contributed by atoms with Gasteiger partial charge in [-0.25, -0.2) is 4.39 Å². The number of hydrogen-bond acceptors (Lipinski definition) is 4. The highest BCUT2D eigenvalue weighted by Crippen LogP contribution is 2.03. The van der Waals surface area contributed by atoms with Crippen molar-refractivity contribution in [2.24, 2.45) is 5.18 Å². The van der Waals surface area contributed by atoms with Crippen LogP contribution in [-0.2, 0) is 9.59 Å². The first-order valence-electron chi connectivity index (χ1n) is 5.97. The van der Waals surface area contributed by atoms with Crippen LogP contribution in [-0.4, -0.2) is 37.1 Å². The van der Waals surface area contributed by atoms with Crippen LogP contribution in [0.5, 0.6) is 0 Å². The summed E-state index contributed by atoms with van der Waals surface area (Å²) in [6.45, 7) is 3.61. The Balaban J connectivity index is 3.98. The molecule has 0 aliphatic carbocycles. The number of nitroso groups, excluding NO2 is 1. The third-order valence-corrected chi connectivity index (χ3v) is 2.32. The second kappa shape index (κ2) is 9.64. The van der Waals surface area contributed by atoms with Crippen molar-refractivity contribution >= 4 is 11.8 Å². The highest BCUT2D eigenvalue weighted by molar-refractivity contribution is 5.88. The molecule has 0 aromatic heterocycles. The molecule has 7 heteroatoms. The zero-order valence-electron chi connectivity index (χ0n) is 10.7. The lowest BCUT2D eigenvalue weighted by Gasteiger charge is -2.13. The zero-order valence-corrected chi connectivity index (χ0v) is 10.7. The summed E-state index contributed by atoms with van der Waals surface area (Å²) in [5, 5.41) is 7.60. The van der Waals surface area contributed by atoms with Crippen LogP contribution in [0, 0.1) is 4.91 Å². The largest absolute Gasteiger partial charge is 0.342 e. The average Bonchev–Trinajstić information content (AvgIpc) is 2.35. The van der Waals surface area contributed by atoms with Crippen LogP contribution in [0.15, 0.2) is 5.18 Å². The maximum atomic E-state index is 12.0. The van der Waals surface area contributed by atoms with Gasteiger partial charge >= 0.3 is 5.91 Å². The van der Waals surface area contributed by atoms with Gasteiger partial charge in [0.05, 0.1) is 0 Å². The molecule has 18 heavy (non-hydrogen) atoms. The number of hydrogen-bond donors (Lipinski definition) is 2. The van der Waals surface area contributed by atoms with E-state index >= 15 is 0 Å². The van der Waals surface area contributed by atoms with E-state index in [-0.39, 0.29) is 6.42 Å². The maximum absolute atomic E-state index is 12.0. The van der Waals surface area contributed by atoms with Gasteiger partial charge in [0.1, 0.15) is 6.04 Å². The Kier molecular flexibility index (Phi) is 8.91. The summed E-state index contributed by atoms with van der Waals surface area (Å²) < 4.78 is 12.0. The molecular formula is C11H20FN3O3. The van der Waals surface area contributed by atoms with Crippen molar-refractivity contribution in [3.63, 3.8) is 0 Å². The Morgan fingerprint density at radius 3 is 2.44 bits per heavy atom. The van der Waals surface area contributed by atoms with Gasteiger partial charge in [0, 0.05) is 11.2 Å². The predicted octanol–water partition coefficient (Wildman–Crippen LogP) is 0.902. The molecule has 0 aromatic carbocycles. The number of nitrogens with one attached hydrogen (secondary N) is 2. The summed E-state index contributed by atoms with van der Waals surface area (Å²) in [5.41, 5.74) is 0. The zero-order chi connectivity index (χ0) is 14.0. The molecule has 0 saturated carbocycles. The summed E-state index contributed by atoms with van der Waals surface area (Å²) in [6.07, 6.45) is 1.72. The minimum atomic E-state index is -1.21. The second-order valence-electron chi connectivity index (χ2n) is 4.29. The van der Waals surface area contributed by atoms with Gasteiger partial charge < -0.3 is 10.6 Å². The van der Waals surface area contributed by atoms with E-state index in [2.05, 4.69) is 15.8 Å². The standard InChI is InChI=1S/C11H20FN3O3/c1-8(2)13-6-4-3-5-9(11(17)15-18)14-10(16)7-12/h8-9,13H,3-7H2,1-2H3,(H,14,16). The molecule has 2 amide bonds.